The van der Waals surface area contributed by atoms with Gasteiger partial charge in [0.1, 0.15) is 6.61 Å². The largest absolute Gasteiger partial charge is 0.445 e. The minimum atomic E-state index is -4.40. The Hall–Kier alpha value is -1.25. The molecule has 1 rings (SSSR count). The van der Waals surface area contributed by atoms with E-state index in [0.29, 0.717) is 0 Å². The second-order valence-electron chi connectivity index (χ2n) is 6.18. The van der Waals surface area contributed by atoms with Crippen molar-refractivity contribution in [1.82, 2.24) is 5.32 Å². The van der Waals surface area contributed by atoms with Crippen LogP contribution in [0.5, 0.6) is 0 Å². The summed E-state index contributed by atoms with van der Waals surface area (Å²) in [6.45, 7) is 5.69. The first-order valence-electron chi connectivity index (χ1n) is 10.2. The molecule has 0 spiro atoms. The summed E-state index contributed by atoms with van der Waals surface area (Å²) >= 11 is 0. The van der Waals surface area contributed by atoms with Crippen LogP contribution in [0.3, 0.4) is 0 Å². The first-order valence-corrected chi connectivity index (χ1v) is 13.3. The quantitative estimate of drug-likeness (QED) is 0.348. The van der Waals surface area contributed by atoms with E-state index in [4.69, 9.17) is 22.8 Å². The maximum absolute atomic E-state index is 13.4. The molecular weight excluding hydrogens is 448 g/mol. The molecule has 0 radical (unpaired) electrons. The van der Waals surface area contributed by atoms with Gasteiger partial charge in [-0.3, -0.25) is 9.13 Å². The van der Waals surface area contributed by atoms with Crippen molar-refractivity contribution < 1.29 is 41.9 Å². The molecule has 0 bridgehead atoms. The van der Waals surface area contributed by atoms with Crippen LogP contribution in [-0.2, 0) is 38.6 Å². The summed E-state index contributed by atoms with van der Waals surface area (Å²) in [6, 6.07) is 9.07. The molecule has 178 valence electrons. The summed E-state index contributed by atoms with van der Waals surface area (Å²) in [5.41, 5.74) is 0.795. The van der Waals surface area contributed by atoms with E-state index in [0.717, 1.165) is 5.56 Å². The van der Waals surface area contributed by atoms with E-state index in [1.165, 1.54) is 0 Å². The van der Waals surface area contributed by atoms with Crippen LogP contribution in [0.25, 0.3) is 0 Å². The molecule has 0 fully saturated rings. The van der Waals surface area contributed by atoms with Crippen molar-refractivity contribution in [3.05, 3.63) is 35.9 Å². The third kappa shape index (κ3) is 7.39. The van der Waals surface area contributed by atoms with Gasteiger partial charge in [0.2, 0.25) is 0 Å². The predicted molar refractivity (Wildman–Crippen MR) is 116 cm³/mol. The van der Waals surface area contributed by atoms with Gasteiger partial charge in [0, 0.05) is 13.0 Å². The van der Waals surface area contributed by atoms with Crippen molar-refractivity contribution in [2.75, 3.05) is 33.0 Å². The molecule has 31 heavy (non-hydrogen) atoms. The molecule has 1 aromatic carbocycles. The number of hydrogen-bond acceptors (Lipinski definition) is 9. The van der Waals surface area contributed by atoms with Gasteiger partial charge in [-0.05, 0) is 33.3 Å². The van der Waals surface area contributed by atoms with Crippen molar-refractivity contribution in [1.29, 1.82) is 0 Å². The molecule has 1 amide bonds. The Kier molecular flexibility index (Phi) is 11.9. The number of ether oxygens (including phenoxy) is 1. The number of rotatable bonds is 15. The van der Waals surface area contributed by atoms with Gasteiger partial charge >= 0.3 is 21.3 Å². The molecule has 0 saturated heterocycles. The molecule has 0 heterocycles. The lowest BCUT2D eigenvalue weighted by molar-refractivity contribution is 0.0763. The van der Waals surface area contributed by atoms with Gasteiger partial charge in [-0.1, -0.05) is 30.3 Å². The highest BCUT2D eigenvalue weighted by Gasteiger charge is 2.64. The zero-order valence-electron chi connectivity index (χ0n) is 18.4. The van der Waals surface area contributed by atoms with Gasteiger partial charge in [-0.25, -0.2) is 4.79 Å². The van der Waals surface area contributed by atoms with E-state index < -0.39 is 32.8 Å². The molecule has 0 atom stereocenters. The van der Waals surface area contributed by atoms with E-state index in [9.17, 15) is 19.0 Å². The molecule has 12 heteroatoms. The monoisotopic (exact) mass is 481 g/mol. The Labute approximate surface area is 183 Å². The number of aliphatic hydroxyl groups is 1. The highest BCUT2D eigenvalue weighted by atomic mass is 31.2. The van der Waals surface area contributed by atoms with Crippen LogP contribution in [0.2, 0.25) is 0 Å². The number of nitrogens with one attached hydrogen (secondary N) is 1. The zero-order valence-corrected chi connectivity index (χ0v) is 20.2. The van der Waals surface area contributed by atoms with Gasteiger partial charge in [-0.15, -0.1) is 0 Å². The Bertz CT molecular complexity index is 710. The highest BCUT2D eigenvalue weighted by Crippen LogP contribution is 2.77. The van der Waals surface area contributed by atoms with Crippen LogP contribution < -0.4 is 5.32 Å². The van der Waals surface area contributed by atoms with E-state index in [2.05, 4.69) is 5.32 Å². The van der Waals surface area contributed by atoms with Crippen LogP contribution in [0.1, 0.15) is 39.7 Å². The van der Waals surface area contributed by atoms with Gasteiger partial charge < -0.3 is 33.3 Å². The lowest BCUT2D eigenvalue weighted by atomic mass is 10.2. The molecule has 0 aromatic heterocycles. The lowest BCUT2D eigenvalue weighted by Crippen LogP contribution is -2.37. The average molecular weight is 481 g/mol. The summed E-state index contributed by atoms with van der Waals surface area (Å²) in [7, 11) is -8.79. The SMILES string of the molecule is CCOP(=O)(OCC)C(O)(CCNC(=O)OCc1ccccc1)P(=O)(OCC)OCC. The van der Waals surface area contributed by atoms with Gasteiger partial charge in [0.05, 0.1) is 26.4 Å². The normalized spacial score (nSPS) is 12.5. The first-order chi connectivity index (χ1) is 14.7. The number of hydrogen-bond donors (Lipinski definition) is 2. The van der Waals surface area contributed by atoms with Crippen molar-refractivity contribution in [3.8, 4) is 0 Å². The third-order valence-electron chi connectivity index (χ3n) is 4.02. The Morgan fingerprint density at radius 3 is 1.77 bits per heavy atom. The fourth-order valence-electron chi connectivity index (χ4n) is 2.70. The second-order valence-corrected chi connectivity index (χ2v) is 11.0. The van der Waals surface area contributed by atoms with Crippen LogP contribution in [0.15, 0.2) is 30.3 Å². The van der Waals surface area contributed by atoms with Gasteiger partial charge in [-0.2, -0.15) is 0 Å². The summed E-state index contributed by atoms with van der Waals surface area (Å²) in [6.07, 6.45) is -1.25. The smallest absolute Gasteiger partial charge is 0.407 e. The zero-order chi connectivity index (χ0) is 23.4. The Morgan fingerprint density at radius 1 is 0.903 bits per heavy atom. The van der Waals surface area contributed by atoms with Crippen LogP contribution in [0, 0.1) is 0 Å². The predicted octanol–water partition coefficient (Wildman–Crippen LogP) is 4.48. The average Bonchev–Trinajstić information content (AvgIpc) is 2.73. The summed E-state index contributed by atoms with van der Waals surface area (Å²) < 4.78 is 53.0. The fourth-order valence-corrected chi connectivity index (χ4v) is 7.70. The molecule has 10 nitrogen and oxygen atoms in total. The maximum atomic E-state index is 13.4. The minimum absolute atomic E-state index is 0.0453. The molecule has 1 aromatic rings. The standard InChI is InChI=1S/C19H33NO9P2/c1-5-26-30(23,27-6-2)19(22,31(24,28-7-3)29-8-4)14-15-20-18(21)25-16-17-12-10-9-11-13-17/h9-13,22H,5-8,14-16H2,1-4H3,(H,20,21). The molecule has 0 unspecified atom stereocenters. The molecule has 2 N–H and O–H groups in total. The number of carbonyl (C=O) groups excluding carboxylic acids is 1. The topological polar surface area (TPSA) is 130 Å². The van der Waals surface area contributed by atoms with Crippen LogP contribution in [0.4, 0.5) is 4.79 Å². The van der Waals surface area contributed by atoms with E-state index >= 15 is 0 Å². The molecule has 0 aliphatic heterocycles. The van der Waals surface area contributed by atoms with Gasteiger partial charge in [0.15, 0.2) is 0 Å². The number of benzene rings is 1. The molecular formula is C19H33NO9P2. The lowest BCUT2D eigenvalue weighted by Gasteiger charge is -2.38. The van der Waals surface area contributed by atoms with Crippen molar-refractivity contribution >= 4 is 21.3 Å². The Morgan fingerprint density at radius 2 is 1.35 bits per heavy atom. The molecule has 0 aliphatic rings. The number of amides is 1. The van der Waals surface area contributed by atoms with Crippen molar-refractivity contribution in [3.63, 3.8) is 0 Å². The van der Waals surface area contributed by atoms with E-state index in [1.807, 2.05) is 18.2 Å². The second kappa shape index (κ2) is 13.3. The van der Waals surface area contributed by atoms with E-state index in [1.54, 1.807) is 39.8 Å². The van der Waals surface area contributed by atoms with E-state index in [-0.39, 0.29) is 39.6 Å². The molecule has 0 aliphatic carbocycles. The number of alkyl carbamates (subject to hydrolysis) is 1. The van der Waals surface area contributed by atoms with Crippen LogP contribution in [-0.4, -0.2) is 49.3 Å². The summed E-state index contributed by atoms with van der Waals surface area (Å²) in [5, 5.41) is 11.2. The Balaban J connectivity index is 2.99. The van der Waals surface area contributed by atoms with Crippen molar-refractivity contribution in [2.24, 2.45) is 0 Å². The summed E-state index contributed by atoms with van der Waals surface area (Å²) in [5.74, 6) is 0. The van der Waals surface area contributed by atoms with Crippen LogP contribution >= 0.6 is 15.2 Å². The maximum Gasteiger partial charge on any atom is 0.407 e. The highest BCUT2D eigenvalue weighted by molar-refractivity contribution is 7.73. The first kappa shape index (κ1) is 27.8. The van der Waals surface area contributed by atoms with Gasteiger partial charge in [0.25, 0.3) is 5.08 Å². The minimum Gasteiger partial charge on any atom is -0.445 e. The summed E-state index contributed by atoms with van der Waals surface area (Å²) in [4.78, 5) is 12.0. The van der Waals surface area contributed by atoms with Crippen molar-refractivity contribution in [2.45, 2.75) is 45.8 Å². The molecule has 0 saturated carbocycles. The third-order valence-corrected chi connectivity index (χ3v) is 10.1. The number of carbonyl (C=O) groups is 1. The fraction of sp³-hybridized carbons (Fsp3) is 0.632.